The normalized spacial score (nSPS) is 43.1. The van der Waals surface area contributed by atoms with E-state index in [-0.39, 0.29) is 16.6 Å². The second-order valence-electron chi connectivity index (χ2n) is 9.16. The highest BCUT2D eigenvalue weighted by atomic mass is 16.5. The smallest absolute Gasteiger partial charge is 0.166 e. The maximum absolute atomic E-state index is 12.9. The van der Waals surface area contributed by atoms with Crippen LogP contribution >= 0.6 is 0 Å². The molecule has 2 saturated carbocycles. The van der Waals surface area contributed by atoms with E-state index in [0.717, 1.165) is 25.7 Å². The molecule has 1 aromatic rings. The Morgan fingerprint density at radius 3 is 2.65 bits per heavy atom. The van der Waals surface area contributed by atoms with Crippen LogP contribution in [-0.2, 0) is 4.74 Å². The minimum absolute atomic E-state index is 0.111. The van der Waals surface area contributed by atoms with Crippen LogP contribution in [0.5, 0.6) is 0 Å². The van der Waals surface area contributed by atoms with Crippen molar-refractivity contribution in [2.24, 2.45) is 22.7 Å². The molecule has 6 atom stereocenters. The number of fused-ring (bicyclic) bond motifs is 1. The van der Waals surface area contributed by atoms with Crippen LogP contribution < -0.4 is 0 Å². The molecule has 0 saturated heterocycles. The van der Waals surface area contributed by atoms with Gasteiger partial charge < -0.3 is 14.3 Å². The van der Waals surface area contributed by atoms with Gasteiger partial charge >= 0.3 is 0 Å². The topological polar surface area (TPSA) is 59.7 Å². The van der Waals surface area contributed by atoms with Crippen LogP contribution in [0, 0.1) is 22.7 Å². The number of rotatable bonds is 5. The molecule has 2 aliphatic carbocycles. The van der Waals surface area contributed by atoms with Crippen molar-refractivity contribution >= 4 is 5.78 Å². The SMILES string of the molecule is CCO[C@@]1(C)[C@H](O)CC[C@@H]2[C@@](C)(CC(=O)c3ccoc3)[C@H](C)CC[C@]21C. The van der Waals surface area contributed by atoms with E-state index in [2.05, 4.69) is 27.7 Å². The molecule has 0 radical (unpaired) electrons. The van der Waals surface area contributed by atoms with Gasteiger partial charge in [-0.3, -0.25) is 4.79 Å². The summed E-state index contributed by atoms with van der Waals surface area (Å²) >= 11 is 0. The molecule has 1 heterocycles. The van der Waals surface area contributed by atoms with Crippen LogP contribution in [0.25, 0.3) is 0 Å². The second kappa shape index (κ2) is 6.79. The van der Waals surface area contributed by atoms with Gasteiger partial charge in [0.15, 0.2) is 5.78 Å². The molecule has 0 aliphatic heterocycles. The predicted molar refractivity (Wildman–Crippen MR) is 101 cm³/mol. The van der Waals surface area contributed by atoms with E-state index in [1.807, 2.05) is 6.92 Å². The third kappa shape index (κ3) is 2.77. The number of ketones is 1. The lowest BCUT2D eigenvalue weighted by Gasteiger charge is -2.65. The molecule has 0 unspecified atom stereocenters. The van der Waals surface area contributed by atoms with E-state index in [1.54, 1.807) is 18.6 Å². The Kier molecular flexibility index (Phi) is 5.13. The fourth-order valence-corrected chi connectivity index (χ4v) is 6.04. The highest BCUT2D eigenvalue weighted by Gasteiger charge is 2.64. The van der Waals surface area contributed by atoms with Gasteiger partial charge in [-0.2, -0.15) is 0 Å². The summed E-state index contributed by atoms with van der Waals surface area (Å²) in [6, 6.07) is 1.76. The number of hydrogen-bond acceptors (Lipinski definition) is 4. The predicted octanol–water partition coefficient (Wildman–Crippen LogP) is 4.86. The molecule has 2 fully saturated rings. The average molecular weight is 363 g/mol. The summed E-state index contributed by atoms with van der Waals surface area (Å²) in [6.45, 7) is 11.5. The fourth-order valence-electron chi connectivity index (χ4n) is 6.04. The zero-order valence-corrected chi connectivity index (χ0v) is 16.9. The number of aliphatic hydroxyl groups excluding tert-OH is 1. The zero-order valence-electron chi connectivity index (χ0n) is 16.9. The Bertz CT molecular complexity index is 639. The Morgan fingerprint density at radius 2 is 2.04 bits per heavy atom. The van der Waals surface area contributed by atoms with Gasteiger partial charge in [0.25, 0.3) is 0 Å². The first-order valence-corrected chi connectivity index (χ1v) is 10.1. The van der Waals surface area contributed by atoms with Crippen molar-refractivity contribution in [1.82, 2.24) is 0 Å². The fraction of sp³-hybridized carbons (Fsp3) is 0.773. The molecule has 146 valence electrons. The first-order chi connectivity index (χ1) is 12.2. The van der Waals surface area contributed by atoms with Crippen LogP contribution in [0.15, 0.2) is 23.0 Å². The highest BCUT2D eigenvalue weighted by molar-refractivity contribution is 5.96. The summed E-state index contributed by atoms with van der Waals surface area (Å²) in [5.74, 6) is 0.952. The van der Waals surface area contributed by atoms with Gasteiger partial charge in [-0.05, 0) is 62.8 Å². The van der Waals surface area contributed by atoms with Crippen molar-refractivity contribution in [2.45, 2.75) is 78.4 Å². The molecule has 26 heavy (non-hydrogen) atoms. The average Bonchev–Trinajstić information content (AvgIpc) is 3.12. The Labute approximate surface area is 157 Å². The summed E-state index contributed by atoms with van der Waals surface area (Å²) in [7, 11) is 0. The minimum atomic E-state index is -0.565. The van der Waals surface area contributed by atoms with E-state index in [1.165, 1.54) is 0 Å². The third-order valence-electron chi connectivity index (χ3n) is 8.12. The van der Waals surface area contributed by atoms with Gasteiger partial charge in [0.1, 0.15) is 6.26 Å². The van der Waals surface area contributed by atoms with E-state index < -0.39 is 11.7 Å². The third-order valence-corrected chi connectivity index (χ3v) is 8.12. The van der Waals surface area contributed by atoms with Gasteiger partial charge in [-0.25, -0.2) is 0 Å². The van der Waals surface area contributed by atoms with Crippen LogP contribution in [-0.4, -0.2) is 29.2 Å². The molecule has 4 heteroatoms. The van der Waals surface area contributed by atoms with Crippen molar-refractivity contribution in [3.63, 3.8) is 0 Å². The van der Waals surface area contributed by atoms with E-state index >= 15 is 0 Å². The lowest BCUT2D eigenvalue weighted by molar-refractivity contribution is -0.253. The number of ether oxygens (including phenoxy) is 1. The lowest BCUT2D eigenvalue weighted by Crippen LogP contribution is -2.66. The molecule has 0 amide bonds. The van der Waals surface area contributed by atoms with Crippen LogP contribution in [0.4, 0.5) is 0 Å². The zero-order chi connectivity index (χ0) is 19.2. The van der Waals surface area contributed by atoms with Crippen molar-refractivity contribution in [3.05, 3.63) is 24.2 Å². The second-order valence-corrected chi connectivity index (χ2v) is 9.16. The van der Waals surface area contributed by atoms with Crippen molar-refractivity contribution in [2.75, 3.05) is 6.61 Å². The van der Waals surface area contributed by atoms with E-state index in [9.17, 15) is 9.90 Å². The maximum Gasteiger partial charge on any atom is 0.166 e. The Morgan fingerprint density at radius 1 is 1.31 bits per heavy atom. The molecule has 0 spiro atoms. The molecule has 0 bridgehead atoms. The minimum Gasteiger partial charge on any atom is -0.472 e. The van der Waals surface area contributed by atoms with Gasteiger partial charge in [-0.15, -0.1) is 0 Å². The molecular weight excluding hydrogens is 328 g/mol. The molecule has 2 aliphatic rings. The van der Waals surface area contributed by atoms with Crippen LogP contribution in [0.2, 0.25) is 0 Å². The molecule has 0 aromatic carbocycles. The summed E-state index contributed by atoms with van der Waals surface area (Å²) in [4.78, 5) is 12.9. The number of aliphatic hydroxyl groups is 1. The van der Waals surface area contributed by atoms with Crippen LogP contribution in [0.1, 0.15) is 77.1 Å². The van der Waals surface area contributed by atoms with E-state index in [4.69, 9.17) is 9.15 Å². The lowest BCUT2D eigenvalue weighted by atomic mass is 9.43. The number of furan rings is 1. The summed E-state index contributed by atoms with van der Waals surface area (Å²) < 4.78 is 11.3. The van der Waals surface area contributed by atoms with Gasteiger partial charge in [0, 0.05) is 18.4 Å². The van der Waals surface area contributed by atoms with Crippen molar-refractivity contribution in [3.8, 4) is 0 Å². The first-order valence-electron chi connectivity index (χ1n) is 10.1. The molecule has 4 nitrogen and oxygen atoms in total. The Balaban J connectivity index is 1.97. The number of carbonyl (C=O) groups is 1. The van der Waals surface area contributed by atoms with Crippen molar-refractivity contribution < 1.29 is 19.1 Å². The standard InChI is InChI=1S/C22H34O4/c1-6-26-22(5)19(24)8-7-18-20(3,15(2)9-11-21(18,22)4)13-17(23)16-10-12-25-14-16/h10,12,14-15,18-19,24H,6-9,11,13H2,1-5H3/t15-,18-,19-,20+,21-,22+/m1/s1. The summed E-state index contributed by atoms with van der Waals surface area (Å²) in [6.07, 6.45) is 6.94. The summed E-state index contributed by atoms with van der Waals surface area (Å²) in [5, 5.41) is 10.8. The van der Waals surface area contributed by atoms with E-state index in [0.29, 0.717) is 30.4 Å². The molecular formula is C22H34O4. The summed E-state index contributed by atoms with van der Waals surface area (Å²) in [5.41, 5.74) is -0.155. The quantitative estimate of drug-likeness (QED) is 0.760. The Hall–Kier alpha value is -1.13. The van der Waals surface area contributed by atoms with Gasteiger partial charge in [-0.1, -0.05) is 20.8 Å². The number of hydrogen-bond donors (Lipinski definition) is 1. The molecule has 1 N–H and O–H groups in total. The first kappa shape index (κ1) is 19.6. The van der Waals surface area contributed by atoms with Crippen LogP contribution in [0.3, 0.4) is 0 Å². The van der Waals surface area contributed by atoms with Crippen molar-refractivity contribution in [1.29, 1.82) is 0 Å². The number of carbonyl (C=O) groups excluding carboxylic acids is 1. The molecule has 3 rings (SSSR count). The molecule has 1 aromatic heterocycles. The monoisotopic (exact) mass is 362 g/mol. The maximum atomic E-state index is 12.9. The highest BCUT2D eigenvalue weighted by Crippen LogP contribution is 2.65. The van der Waals surface area contributed by atoms with Gasteiger partial charge in [0.05, 0.1) is 23.5 Å². The van der Waals surface area contributed by atoms with Gasteiger partial charge in [0.2, 0.25) is 0 Å². The largest absolute Gasteiger partial charge is 0.472 e. The number of Topliss-reactive ketones (excluding diaryl/α,β-unsaturated/α-hetero) is 1.